The van der Waals surface area contributed by atoms with Gasteiger partial charge in [0.15, 0.2) is 0 Å². The van der Waals surface area contributed by atoms with Gasteiger partial charge in [0.2, 0.25) is 5.88 Å². The SMILES string of the molecule is CC(C)c1cncc(OCC(O)CO)n1. The first kappa shape index (κ1) is 11.9. The van der Waals surface area contributed by atoms with Crippen LogP contribution in [0.3, 0.4) is 0 Å². The molecule has 0 fully saturated rings. The molecule has 5 heteroatoms. The van der Waals surface area contributed by atoms with E-state index >= 15 is 0 Å². The molecule has 5 nitrogen and oxygen atoms in total. The van der Waals surface area contributed by atoms with Gasteiger partial charge in [0.05, 0.1) is 18.5 Å². The molecule has 84 valence electrons. The van der Waals surface area contributed by atoms with Crippen molar-refractivity contribution in [3.8, 4) is 5.88 Å². The van der Waals surface area contributed by atoms with E-state index in [1.54, 1.807) is 6.20 Å². The van der Waals surface area contributed by atoms with Crippen LogP contribution in [-0.2, 0) is 0 Å². The van der Waals surface area contributed by atoms with Crippen LogP contribution in [0.25, 0.3) is 0 Å². The third-order valence-corrected chi connectivity index (χ3v) is 1.86. The van der Waals surface area contributed by atoms with E-state index < -0.39 is 6.10 Å². The topological polar surface area (TPSA) is 75.5 Å². The lowest BCUT2D eigenvalue weighted by atomic mass is 10.1. The first-order chi connectivity index (χ1) is 7.13. The molecule has 1 heterocycles. The van der Waals surface area contributed by atoms with Gasteiger partial charge in [0.1, 0.15) is 12.7 Å². The second kappa shape index (κ2) is 5.63. The smallest absolute Gasteiger partial charge is 0.232 e. The summed E-state index contributed by atoms with van der Waals surface area (Å²) in [4.78, 5) is 8.18. The monoisotopic (exact) mass is 212 g/mol. The van der Waals surface area contributed by atoms with E-state index in [0.29, 0.717) is 5.88 Å². The number of hydrogen-bond donors (Lipinski definition) is 2. The zero-order valence-electron chi connectivity index (χ0n) is 8.92. The van der Waals surface area contributed by atoms with Gasteiger partial charge in [-0.25, -0.2) is 4.98 Å². The highest BCUT2D eigenvalue weighted by molar-refractivity contribution is 5.10. The normalized spacial score (nSPS) is 12.9. The van der Waals surface area contributed by atoms with Crippen molar-refractivity contribution in [3.05, 3.63) is 18.1 Å². The van der Waals surface area contributed by atoms with Gasteiger partial charge < -0.3 is 14.9 Å². The Morgan fingerprint density at radius 2 is 2.13 bits per heavy atom. The summed E-state index contributed by atoms with van der Waals surface area (Å²) in [5.74, 6) is 0.650. The van der Waals surface area contributed by atoms with Gasteiger partial charge in [-0.1, -0.05) is 13.8 Å². The summed E-state index contributed by atoms with van der Waals surface area (Å²) in [6, 6.07) is 0. The third-order valence-electron chi connectivity index (χ3n) is 1.86. The first-order valence-corrected chi connectivity index (χ1v) is 4.87. The summed E-state index contributed by atoms with van der Waals surface area (Å²) in [5, 5.41) is 17.7. The van der Waals surface area contributed by atoms with E-state index in [9.17, 15) is 0 Å². The Hall–Kier alpha value is -1.20. The van der Waals surface area contributed by atoms with Crippen molar-refractivity contribution in [2.75, 3.05) is 13.2 Å². The van der Waals surface area contributed by atoms with Crippen LogP contribution in [0, 0.1) is 0 Å². The fourth-order valence-corrected chi connectivity index (χ4v) is 0.944. The molecule has 0 aromatic carbocycles. The number of aliphatic hydroxyl groups is 2. The number of hydrogen-bond acceptors (Lipinski definition) is 5. The minimum absolute atomic E-state index is 0.0206. The van der Waals surface area contributed by atoms with Gasteiger partial charge in [-0.3, -0.25) is 4.98 Å². The molecule has 1 atom stereocenters. The molecule has 0 saturated carbocycles. The third kappa shape index (κ3) is 3.81. The van der Waals surface area contributed by atoms with E-state index in [4.69, 9.17) is 14.9 Å². The average Bonchev–Trinajstić information content (AvgIpc) is 2.26. The van der Waals surface area contributed by atoms with Crippen LogP contribution in [0.15, 0.2) is 12.4 Å². The van der Waals surface area contributed by atoms with Crippen LogP contribution < -0.4 is 4.74 Å². The second-order valence-corrected chi connectivity index (χ2v) is 3.58. The van der Waals surface area contributed by atoms with Gasteiger partial charge in [-0.05, 0) is 5.92 Å². The van der Waals surface area contributed by atoms with Gasteiger partial charge in [-0.2, -0.15) is 0 Å². The highest BCUT2D eigenvalue weighted by atomic mass is 16.5. The molecular weight excluding hydrogens is 196 g/mol. The van der Waals surface area contributed by atoms with E-state index in [1.165, 1.54) is 6.20 Å². The predicted molar refractivity (Wildman–Crippen MR) is 54.7 cm³/mol. The standard InChI is InChI=1S/C10H16N2O3/c1-7(2)9-3-11-4-10(12-9)15-6-8(14)5-13/h3-4,7-8,13-14H,5-6H2,1-2H3. The lowest BCUT2D eigenvalue weighted by Gasteiger charge is -2.10. The quantitative estimate of drug-likeness (QED) is 0.735. The second-order valence-electron chi connectivity index (χ2n) is 3.58. The predicted octanol–water partition coefficient (Wildman–Crippen LogP) is 0.332. The molecule has 1 rings (SSSR count). The molecule has 1 aromatic heterocycles. The molecule has 1 aromatic rings. The van der Waals surface area contributed by atoms with Crippen LogP contribution in [0.5, 0.6) is 5.88 Å². The molecule has 0 amide bonds. The zero-order valence-corrected chi connectivity index (χ0v) is 8.92. The average molecular weight is 212 g/mol. The van der Waals surface area contributed by atoms with E-state index in [1.807, 2.05) is 13.8 Å². The molecule has 0 bridgehead atoms. The minimum atomic E-state index is -0.880. The molecule has 0 radical (unpaired) electrons. The highest BCUT2D eigenvalue weighted by Crippen LogP contribution is 2.13. The zero-order chi connectivity index (χ0) is 11.3. The Morgan fingerprint density at radius 1 is 1.40 bits per heavy atom. The summed E-state index contributed by atoms with van der Waals surface area (Å²) >= 11 is 0. The Labute approximate surface area is 88.8 Å². The van der Waals surface area contributed by atoms with Gasteiger partial charge >= 0.3 is 0 Å². The number of aromatic nitrogens is 2. The molecule has 0 spiro atoms. The summed E-state index contributed by atoms with van der Waals surface area (Å²) in [6.45, 7) is 3.72. The fourth-order valence-electron chi connectivity index (χ4n) is 0.944. The van der Waals surface area contributed by atoms with Crippen LogP contribution in [0.4, 0.5) is 0 Å². The number of aliphatic hydroxyl groups excluding tert-OH is 2. The number of nitrogens with zero attached hydrogens (tertiary/aromatic N) is 2. The van der Waals surface area contributed by atoms with Crippen molar-refractivity contribution in [1.29, 1.82) is 0 Å². The van der Waals surface area contributed by atoms with Crippen molar-refractivity contribution in [3.63, 3.8) is 0 Å². The summed E-state index contributed by atoms with van der Waals surface area (Å²) in [5.41, 5.74) is 0.839. The van der Waals surface area contributed by atoms with Crippen LogP contribution in [-0.4, -0.2) is 39.5 Å². The lowest BCUT2D eigenvalue weighted by molar-refractivity contribution is 0.0519. The molecule has 15 heavy (non-hydrogen) atoms. The fraction of sp³-hybridized carbons (Fsp3) is 0.600. The Balaban J connectivity index is 2.58. The number of rotatable bonds is 5. The van der Waals surface area contributed by atoms with Crippen molar-refractivity contribution in [2.45, 2.75) is 25.9 Å². The summed E-state index contributed by atoms with van der Waals surface area (Å²) in [7, 11) is 0. The molecule has 1 unspecified atom stereocenters. The maximum absolute atomic E-state index is 9.07. The van der Waals surface area contributed by atoms with Gasteiger partial charge in [0.25, 0.3) is 0 Å². The van der Waals surface area contributed by atoms with E-state index in [0.717, 1.165) is 5.69 Å². The van der Waals surface area contributed by atoms with Crippen molar-refractivity contribution in [2.24, 2.45) is 0 Å². The Bertz CT molecular complexity index is 304. The maximum atomic E-state index is 9.07. The van der Waals surface area contributed by atoms with E-state index in [-0.39, 0.29) is 19.1 Å². The molecule has 0 aliphatic rings. The minimum Gasteiger partial charge on any atom is -0.474 e. The highest BCUT2D eigenvalue weighted by Gasteiger charge is 2.06. The van der Waals surface area contributed by atoms with Crippen LogP contribution in [0.1, 0.15) is 25.5 Å². The van der Waals surface area contributed by atoms with Crippen LogP contribution in [0.2, 0.25) is 0 Å². The Kier molecular flexibility index (Phi) is 4.45. The number of ether oxygens (including phenoxy) is 1. The summed E-state index contributed by atoms with van der Waals surface area (Å²) < 4.78 is 5.17. The van der Waals surface area contributed by atoms with Crippen molar-refractivity contribution >= 4 is 0 Å². The van der Waals surface area contributed by atoms with Gasteiger partial charge in [-0.15, -0.1) is 0 Å². The molecule has 0 aliphatic heterocycles. The molecule has 2 N–H and O–H groups in total. The molecular formula is C10H16N2O3. The summed E-state index contributed by atoms with van der Waals surface area (Å²) in [6.07, 6.45) is 2.28. The van der Waals surface area contributed by atoms with Crippen molar-refractivity contribution < 1.29 is 14.9 Å². The maximum Gasteiger partial charge on any atom is 0.232 e. The molecule has 0 aliphatic carbocycles. The largest absolute Gasteiger partial charge is 0.474 e. The Morgan fingerprint density at radius 3 is 2.73 bits per heavy atom. The van der Waals surface area contributed by atoms with E-state index in [2.05, 4.69) is 9.97 Å². The molecule has 0 saturated heterocycles. The first-order valence-electron chi connectivity index (χ1n) is 4.87. The van der Waals surface area contributed by atoms with Crippen LogP contribution >= 0.6 is 0 Å². The van der Waals surface area contributed by atoms with Crippen molar-refractivity contribution in [1.82, 2.24) is 9.97 Å². The van der Waals surface area contributed by atoms with Gasteiger partial charge in [0, 0.05) is 6.20 Å². The lowest BCUT2D eigenvalue weighted by Crippen LogP contribution is -2.21.